The van der Waals surface area contributed by atoms with E-state index in [0.29, 0.717) is 17.2 Å². The summed E-state index contributed by atoms with van der Waals surface area (Å²) in [7, 11) is 1.62. The van der Waals surface area contributed by atoms with Gasteiger partial charge in [-0.15, -0.1) is 23.1 Å². The Morgan fingerprint density at radius 2 is 1.83 bits per heavy atom. The van der Waals surface area contributed by atoms with E-state index in [1.807, 2.05) is 42.6 Å². The molecule has 4 rings (SSSR count). The van der Waals surface area contributed by atoms with Crippen LogP contribution in [0.5, 0.6) is 5.75 Å². The molecule has 0 saturated heterocycles. The molecule has 6 nitrogen and oxygen atoms in total. The van der Waals surface area contributed by atoms with Crippen LogP contribution in [-0.2, 0) is 4.79 Å². The summed E-state index contributed by atoms with van der Waals surface area (Å²) in [5.74, 6) is -0.503. The van der Waals surface area contributed by atoms with Crippen LogP contribution in [-0.4, -0.2) is 29.2 Å². The largest absolute Gasteiger partial charge is 0.497 e. The maximum Gasteiger partial charge on any atom is 0.258 e. The van der Waals surface area contributed by atoms with E-state index in [-0.39, 0.29) is 16.7 Å². The number of halogens is 1. The van der Waals surface area contributed by atoms with E-state index in [0.717, 1.165) is 21.9 Å². The molecule has 2 amide bonds. The van der Waals surface area contributed by atoms with Gasteiger partial charge in [-0.2, -0.15) is 0 Å². The highest BCUT2D eigenvalue weighted by Crippen LogP contribution is 2.30. The fraction of sp³-hybridized carbons (Fsp3) is 0.148. The average molecular weight is 522 g/mol. The van der Waals surface area contributed by atoms with Crippen LogP contribution in [0, 0.1) is 5.82 Å². The minimum absolute atomic E-state index is 0.0289. The van der Waals surface area contributed by atoms with Crippen LogP contribution >= 0.6 is 23.1 Å². The third-order valence-electron chi connectivity index (χ3n) is 5.27. The topological polar surface area (TPSA) is 80.3 Å². The molecule has 4 aromatic rings. The highest BCUT2D eigenvalue weighted by Gasteiger charge is 2.20. The van der Waals surface area contributed by atoms with Crippen molar-refractivity contribution < 1.29 is 18.7 Å². The molecule has 0 fully saturated rings. The molecular weight excluding hydrogens is 497 g/mol. The van der Waals surface area contributed by atoms with Gasteiger partial charge in [0.05, 0.1) is 23.6 Å². The number of benzene rings is 3. The van der Waals surface area contributed by atoms with E-state index in [9.17, 15) is 14.0 Å². The van der Waals surface area contributed by atoms with E-state index < -0.39 is 11.7 Å². The van der Waals surface area contributed by atoms with E-state index in [1.165, 1.54) is 41.3 Å². The second-order valence-corrected chi connectivity index (χ2v) is 9.87. The Bertz CT molecular complexity index is 1360. The van der Waals surface area contributed by atoms with Crippen molar-refractivity contribution in [1.29, 1.82) is 0 Å². The minimum atomic E-state index is -0.583. The zero-order valence-corrected chi connectivity index (χ0v) is 21.3. The van der Waals surface area contributed by atoms with Gasteiger partial charge in [0.1, 0.15) is 11.6 Å². The van der Waals surface area contributed by atoms with Crippen molar-refractivity contribution in [2.45, 2.75) is 23.5 Å². The summed E-state index contributed by atoms with van der Waals surface area (Å²) in [6, 6.07) is 20.5. The van der Waals surface area contributed by atoms with Gasteiger partial charge in [0.15, 0.2) is 5.13 Å². The lowest BCUT2D eigenvalue weighted by atomic mass is 10.2. The summed E-state index contributed by atoms with van der Waals surface area (Å²) in [6.07, 6.45) is 0.596. The Kier molecular flexibility index (Phi) is 8.35. The number of ether oxygens (including phenoxy) is 1. The number of thioether (sulfide) groups is 1. The summed E-state index contributed by atoms with van der Waals surface area (Å²) >= 11 is 2.75. The first kappa shape index (κ1) is 25.4. The van der Waals surface area contributed by atoms with Gasteiger partial charge in [-0.3, -0.25) is 9.59 Å². The number of thiazole rings is 1. The fourth-order valence-corrected chi connectivity index (χ4v) is 5.12. The number of hydrogen-bond donors (Lipinski definition) is 2. The Labute approximate surface area is 216 Å². The summed E-state index contributed by atoms with van der Waals surface area (Å²) in [4.78, 5) is 30.8. The van der Waals surface area contributed by atoms with Gasteiger partial charge in [-0.1, -0.05) is 25.1 Å². The summed E-state index contributed by atoms with van der Waals surface area (Å²) in [5, 5.41) is 7.68. The fourth-order valence-electron chi connectivity index (χ4n) is 3.39. The third kappa shape index (κ3) is 6.30. The number of aromatic nitrogens is 1. The Balaban J connectivity index is 1.39. The van der Waals surface area contributed by atoms with Crippen LogP contribution in [0.1, 0.15) is 23.7 Å². The SMILES string of the molecule is CCC(Sc1cccc(NC(=O)c2ccccc2F)c1)C(=O)Nc1nc(-c2ccc(OC)cc2)cs1. The lowest BCUT2D eigenvalue weighted by Crippen LogP contribution is -2.24. The van der Waals surface area contributed by atoms with Crippen LogP contribution in [0.3, 0.4) is 0 Å². The number of nitrogens with one attached hydrogen (secondary N) is 2. The molecule has 1 unspecified atom stereocenters. The molecule has 1 heterocycles. The quantitative estimate of drug-likeness (QED) is 0.239. The van der Waals surface area contributed by atoms with Crippen molar-refractivity contribution in [3.8, 4) is 17.0 Å². The van der Waals surface area contributed by atoms with Crippen molar-refractivity contribution in [1.82, 2.24) is 4.98 Å². The van der Waals surface area contributed by atoms with Crippen LogP contribution in [0.2, 0.25) is 0 Å². The Morgan fingerprint density at radius 1 is 1.06 bits per heavy atom. The van der Waals surface area contributed by atoms with Gasteiger partial charge < -0.3 is 15.4 Å². The number of amides is 2. The number of carbonyl (C=O) groups is 2. The van der Waals surface area contributed by atoms with Crippen molar-refractivity contribution in [3.63, 3.8) is 0 Å². The van der Waals surface area contributed by atoms with Crippen LogP contribution < -0.4 is 15.4 Å². The molecule has 0 aliphatic carbocycles. The molecular formula is C27H24FN3O3S2. The predicted octanol–water partition coefficient (Wildman–Crippen LogP) is 6.72. The number of rotatable bonds is 9. The molecule has 9 heteroatoms. The van der Waals surface area contributed by atoms with Gasteiger partial charge in [0.2, 0.25) is 5.91 Å². The van der Waals surface area contributed by atoms with Gasteiger partial charge >= 0.3 is 0 Å². The second-order valence-electron chi connectivity index (χ2n) is 7.73. The molecule has 3 aromatic carbocycles. The van der Waals surface area contributed by atoms with Crippen LogP contribution in [0.25, 0.3) is 11.3 Å². The van der Waals surface area contributed by atoms with E-state index in [1.54, 1.807) is 31.4 Å². The van der Waals surface area contributed by atoms with Crippen molar-refractivity contribution in [2.24, 2.45) is 0 Å². The first-order valence-corrected chi connectivity index (χ1v) is 13.0. The third-order valence-corrected chi connectivity index (χ3v) is 7.39. The standard InChI is InChI=1S/C27H24FN3O3S2/c1-3-24(26(33)31-27-30-23(16-35-27)17-11-13-19(34-2)14-12-17)36-20-8-6-7-18(15-20)29-25(32)21-9-4-5-10-22(21)28/h4-16,24H,3H2,1-2H3,(H,29,32)(H,30,31,33). The molecule has 0 saturated carbocycles. The molecule has 0 radical (unpaired) electrons. The normalized spacial score (nSPS) is 11.5. The molecule has 0 bridgehead atoms. The van der Waals surface area contributed by atoms with Crippen molar-refractivity contribution in [2.75, 3.05) is 17.7 Å². The highest BCUT2D eigenvalue weighted by atomic mass is 32.2. The lowest BCUT2D eigenvalue weighted by molar-refractivity contribution is -0.115. The maximum atomic E-state index is 13.9. The number of nitrogens with zero attached hydrogens (tertiary/aromatic N) is 1. The van der Waals surface area contributed by atoms with E-state index in [2.05, 4.69) is 15.6 Å². The minimum Gasteiger partial charge on any atom is -0.497 e. The smallest absolute Gasteiger partial charge is 0.258 e. The lowest BCUT2D eigenvalue weighted by Gasteiger charge is -2.14. The second kappa shape index (κ2) is 11.8. The number of methoxy groups -OCH3 is 1. The first-order valence-electron chi connectivity index (χ1n) is 11.2. The first-order chi connectivity index (χ1) is 17.5. The molecule has 2 N–H and O–H groups in total. The van der Waals surface area contributed by atoms with Gasteiger partial charge in [0, 0.05) is 21.5 Å². The summed E-state index contributed by atoms with van der Waals surface area (Å²) in [5.41, 5.74) is 2.20. The molecule has 1 atom stereocenters. The van der Waals surface area contributed by atoms with E-state index in [4.69, 9.17) is 4.74 Å². The van der Waals surface area contributed by atoms with Crippen LogP contribution in [0.4, 0.5) is 15.2 Å². The van der Waals surface area contributed by atoms with Crippen molar-refractivity contribution in [3.05, 3.63) is 89.6 Å². The molecule has 0 aliphatic rings. The molecule has 184 valence electrons. The van der Waals surface area contributed by atoms with Gasteiger partial charge in [-0.25, -0.2) is 9.37 Å². The van der Waals surface area contributed by atoms with E-state index >= 15 is 0 Å². The molecule has 0 aliphatic heterocycles. The summed E-state index contributed by atoms with van der Waals surface area (Å²) in [6.45, 7) is 1.94. The monoisotopic (exact) mass is 521 g/mol. The molecule has 36 heavy (non-hydrogen) atoms. The predicted molar refractivity (Wildman–Crippen MR) is 143 cm³/mol. The van der Waals surface area contributed by atoms with Crippen molar-refractivity contribution >= 4 is 45.7 Å². The maximum absolute atomic E-state index is 13.9. The Hall–Kier alpha value is -3.69. The zero-order valence-electron chi connectivity index (χ0n) is 19.7. The number of carbonyl (C=O) groups excluding carboxylic acids is 2. The average Bonchev–Trinajstić information content (AvgIpc) is 3.36. The Morgan fingerprint density at radius 3 is 2.56 bits per heavy atom. The highest BCUT2D eigenvalue weighted by molar-refractivity contribution is 8.00. The number of hydrogen-bond acceptors (Lipinski definition) is 6. The zero-order chi connectivity index (χ0) is 25.5. The summed E-state index contributed by atoms with van der Waals surface area (Å²) < 4.78 is 19.1. The molecule has 0 spiro atoms. The van der Waals surface area contributed by atoms with Gasteiger partial charge in [0.25, 0.3) is 5.91 Å². The van der Waals surface area contributed by atoms with Crippen LogP contribution in [0.15, 0.2) is 83.1 Å². The van der Waals surface area contributed by atoms with Gasteiger partial charge in [-0.05, 0) is 61.0 Å². The molecule has 1 aromatic heterocycles. The number of anilines is 2.